The van der Waals surface area contributed by atoms with Crippen LogP contribution in [0.25, 0.3) is 10.2 Å². The van der Waals surface area contributed by atoms with Gasteiger partial charge >= 0.3 is 0 Å². The van der Waals surface area contributed by atoms with Crippen LogP contribution >= 0.6 is 11.3 Å². The fourth-order valence-corrected chi connectivity index (χ4v) is 4.48. The molecule has 2 aromatic rings. The van der Waals surface area contributed by atoms with Crippen LogP contribution in [0.15, 0.2) is 24.3 Å². The fraction of sp³-hybridized carbons (Fsp3) is 0.611. The van der Waals surface area contributed by atoms with Gasteiger partial charge in [0.15, 0.2) is 0 Å². The van der Waals surface area contributed by atoms with Gasteiger partial charge in [-0.25, -0.2) is 4.98 Å². The summed E-state index contributed by atoms with van der Waals surface area (Å²) >= 11 is 1.82. The number of aliphatic hydroxyl groups excluding tert-OH is 1. The van der Waals surface area contributed by atoms with Crippen molar-refractivity contribution in [3.05, 3.63) is 29.3 Å². The molecule has 1 aromatic heterocycles. The number of hydrogen-bond acceptors (Lipinski definition) is 4. The Morgan fingerprint density at radius 2 is 2.00 bits per heavy atom. The summed E-state index contributed by atoms with van der Waals surface area (Å²) in [6, 6.07) is 8.36. The summed E-state index contributed by atoms with van der Waals surface area (Å²) in [7, 11) is 0. The van der Waals surface area contributed by atoms with E-state index in [0.717, 1.165) is 31.4 Å². The highest BCUT2D eigenvalue weighted by atomic mass is 32.1. The van der Waals surface area contributed by atoms with Crippen molar-refractivity contribution in [1.29, 1.82) is 0 Å². The smallest absolute Gasteiger partial charge is 0.0939 e. The zero-order valence-electron chi connectivity index (χ0n) is 13.1. The van der Waals surface area contributed by atoms with E-state index in [4.69, 9.17) is 0 Å². The van der Waals surface area contributed by atoms with Gasteiger partial charge in [0.25, 0.3) is 0 Å². The molecule has 3 nitrogen and oxygen atoms in total. The van der Waals surface area contributed by atoms with E-state index in [1.807, 2.05) is 11.3 Å². The first-order valence-corrected chi connectivity index (χ1v) is 9.34. The standard InChI is InChI=1S/C18H26N2OS/c21-13-15-7-2-1-6-14(15)12-19-11-5-10-18-20-16-8-3-4-9-17(16)22-18/h3-4,8-9,14-15,19,21H,1-2,5-7,10-13H2. The molecule has 1 heterocycles. The first kappa shape index (κ1) is 15.9. The van der Waals surface area contributed by atoms with E-state index in [-0.39, 0.29) is 0 Å². The summed E-state index contributed by atoms with van der Waals surface area (Å²) in [4.78, 5) is 4.68. The third kappa shape index (κ3) is 4.06. The summed E-state index contributed by atoms with van der Waals surface area (Å²) in [5.74, 6) is 1.19. The van der Waals surface area contributed by atoms with Gasteiger partial charge in [-0.15, -0.1) is 11.3 Å². The number of aliphatic hydroxyl groups is 1. The van der Waals surface area contributed by atoms with Gasteiger partial charge in [0.2, 0.25) is 0 Å². The zero-order chi connectivity index (χ0) is 15.2. The molecule has 1 aliphatic rings. The van der Waals surface area contributed by atoms with Gasteiger partial charge in [-0.1, -0.05) is 25.0 Å². The highest BCUT2D eigenvalue weighted by molar-refractivity contribution is 7.18. The number of nitrogens with one attached hydrogen (secondary N) is 1. The normalized spacial score (nSPS) is 22.2. The van der Waals surface area contributed by atoms with E-state index < -0.39 is 0 Å². The summed E-state index contributed by atoms with van der Waals surface area (Å²) < 4.78 is 1.29. The molecule has 2 unspecified atom stereocenters. The molecule has 0 saturated heterocycles. The quantitative estimate of drug-likeness (QED) is 0.767. The van der Waals surface area contributed by atoms with Crippen molar-refractivity contribution in [3.8, 4) is 0 Å². The van der Waals surface area contributed by atoms with E-state index >= 15 is 0 Å². The van der Waals surface area contributed by atoms with Crippen LogP contribution in [0.1, 0.15) is 37.1 Å². The summed E-state index contributed by atoms with van der Waals surface area (Å²) in [5.41, 5.74) is 1.13. The summed E-state index contributed by atoms with van der Waals surface area (Å²) in [6.45, 7) is 2.47. The van der Waals surface area contributed by atoms with Crippen molar-refractivity contribution < 1.29 is 5.11 Å². The van der Waals surface area contributed by atoms with E-state index in [1.54, 1.807) is 0 Å². The lowest BCUT2D eigenvalue weighted by Gasteiger charge is -2.30. The largest absolute Gasteiger partial charge is 0.396 e. The molecule has 4 heteroatoms. The van der Waals surface area contributed by atoms with Crippen LogP contribution in [0.4, 0.5) is 0 Å². The first-order chi connectivity index (χ1) is 10.9. The maximum absolute atomic E-state index is 9.45. The van der Waals surface area contributed by atoms with Crippen molar-refractivity contribution in [2.75, 3.05) is 19.7 Å². The molecule has 0 radical (unpaired) electrons. The van der Waals surface area contributed by atoms with Gasteiger partial charge in [-0.05, 0) is 56.3 Å². The van der Waals surface area contributed by atoms with E-state index in [2.05, 4.69) is 34.6 Å². The monoisotopic (exact) mass is 318 g/mol. The first-order valence-electron chi connectivity index (χ1n) is 8.53. The molecule has 2 atom stereocenters. The minimum atomic E-state index is 0.359. The van der Waals surface area contributed by atoms with Gasteiger partial charge < -0.3 is 10.4 Å². The number of benzene rings is 1. The maximum Gasteiger partial charge on any atom is 0.0939 e. The molecule has 0 amide bonds. The maximum atomic E-state index is 9.45. The molecular weight excluding hydrogens is 292 g/mol. The molecule has 22 heavy (non-hydrogen) atoms. The number of para-hydroxylation sites is 1. The van der Waals surface area contributed by atoms with Crippen molar-refractivity contribution >= 4 is 21.6 Å². The molecule has 1 aromatic carbocycles. The van der Waals surface area contributed by atoms with Crippen LogP contribution in [0.2, 0.25) is 0 Å². The minimum absolute atomic E-state index is 0.359. The molecule has 2 N–H and O–H groups in total. The van der Waals surface area contributed by atoms with Gasteiger partial charge in [-0.3, -0.25) is 0 Å². The Labute approximate surface area is 136 Å². The Morgan fingerprint density at radius 3 is 2.82 bits per heavy atom. The average Bonchev–Trinajstić information content (AvgIpc) is 2.97. The van der Waals surface area contributed by atoms with E-state index in [1.165, 1.54) is 35.4 Å². The average molecular weight is 318 g/mol. The number of aryl methyl sites for hydroxylation is 1. The second-order valence-electron chi connectivity index (χ2n) is 6.37. The third-order valence-corrected chi connectivity index (χ3v) is 5.89. The van der Waals surface area contributed by atoms with E-state index in [0.29, 0.717) is 18.4 Å². The van der Waals surface area contributed by atoms with Crippen LogP contribution < -0.4 is 5.32 Å². The SMILES string of the molecule is OCC1CCCCC1CNCCCc1nc2ccccc2s1. The van der Waals surface area contributed by atoms with Crippen molar-refractivity contribution in [2.45, 2.75) is 38.5 Å². The summed E-state index contributed by atoms with van der Waals surface area (Å²) in [5, 5.41) is 14.3. The predicted molar refractivity (Wildman–Crippen MR) is 93.3 cm³/mol. The van der Waals surface area contributed by atoms with Crippen LogP contribution in [0, 0.1) is 11.8 Å². The van der Waals surface area contributed by atoms with Crippen LogP contribution in [0.5, 0.6) is 0 Å². The number of nitrogens with zero attached hydrogens (tertiary/aromatic N) is 1. The molecule has 1 fully saturated rings. The number of fused-ring (bicyclic) bond motifs is 1. The second-order valence-corrected chi connectivity index (χ2v) is 7.49. The molecular formula is C18H26N2OS. The topological polar surface area (TPSA) is 45.1 Å². The van der Waals surface area contributed by atoms with Crippen molar-refractivity contribution in [3.63, 3.8) is 0 Å². The number of hydrogen-bond donors (Lipinski definition) is 2. The Balaban J connectivity index is 1.38. The minimum Gasteiger partial charge on any atom is -0.396 e. The number of thiazole rings is 1. The van der Waals surface area contributed by atoms with Gasteiger partial charge in [0.05, 0.1) is 15.2 Å². The fourth-order valence-electron chi connectivity index (χ4n) is 3.47. The number of rotatable bonds is 7. The molecule has 1 aliphatic carbocycles. The van der Waals surface area contributed by atoms with Gasteiger partial charge in [0.1, 0.15) is 0 Å². The molecule has 120 valence electrons. The Bertz CT molecular complexity index is 550. The third-order valence-electron chi connectivity index (χ3n) is 4.79. The highest BCUT2D eigenvalue weighted by Gasteiger charge is 2.23. The Morgan fingerprint density at radius 1 is 1.18 bits per heavy atom. The Hall–Kier alpha value is -0.970. The molecule has 0 spiro atoms. The van der Waals surface area contributed by atoms with Crippen molar-refractivity contribution in [1.82, 2.24) is 10.3 Å². The van der Waals surface area contributed by atoms with E-state index in [9.17, 15) is 5.11 Å². The van der Waals surface area contributed by atoms with Crippen LogP contribution in [-0.2, 0) is 6.42 Å². The van der Waals surface area contributed by atoms with Crippen LogP contribution in [0.3, 0.4) is 0 Å². The molecule has 1 saturated carbocycles. The van der Waals surface area contributed by atoms with Gasteiger partial charge in [-0.2, -0.15) is 0 Å². The van der Waals surface area contributed by atoms with Gasteiger partial charge in [0, 0.05) is 13.0 Å². The molecule has 0 aliphatic heterocycles. The highest BCUT2D eigenvalue weighted by Crippen LogP contribution is 2.29. The lowest BCUT2D eigenvalue weighted by molar-refractivity contribution is 0.133. The predicted octanol–water partition coefficient (Wildman–Crippen LogP) is 3.62. The Kier molecular flexibility index (Phi) is 5.82. The molecule has 3 rings (SSSR count). The lowest BCUT2D eigenvalue weighted by atomic mass is 9.79. The van der Waals surface area contributed by atoms with Crippen LogP contribution in [-0.4, -0.2) is 29.8 Å². The molecule has 0 bridgehead atoms. The summed E-state index contributed by atoms with van der Waals surface area (Å²) in [6.07, 6.45) is 7.29. The second kappa shape index (κ2) is 8.04. The van der Waals surface area contributed by atoms with Crippen molar-refractivity contribution in [2.24, 2.45) is 11.8 Å². The lowest BCUT2D eigenvalue weighted by Crippen LogP contribution is -2.32. The zero-order valence-corrected chi connectivity index (χ0v) is 13.9. The number of aromatic nitrogens is 1.